The average molecular weight is 341 g/mol. The van der Waals surface area contributed by atoms with E-state index in [0.29, 0.717) is 24.7 Å². The first-order chi connectivity index (χ1) is 12.2. The van der Waals surface area contributed by atoms with Crippen molar-refractivity contribution in [2.24, 2.45) is 5.92 Å². The van der Waals surface area contributed by atoms with Crippen LogP contribution in [-0.4, -0.2) is 31.2 Å². The molecule has 1 saturated heterocycles. The van der Waals surface area contributed by atoms with Gasteiger partial charge in [-0.1, -0.05) is 6.07 Å². The summed E-state index contributed by atoms with van der Waals surface area (Å²) in [6.45, 7) is 3.32. The maximum Gasteiger partial charge on any atom is 0.227 e. The lowest BCUT2D eigenvalue weighted by molar-refractivity contribution is -0.122. The third-order valence-electron chi connectivity index (χ3n) is 4.24. The summed E-state index contributed by atoms with van der Waals surface area (Å²) in [6.07, 6.45) is 3.19. The molecule has 0 bridgehead atoms. The van der Waals surface area contributed by atoms with Gasteiger partial charge in [0.25, 0.3) is 0 Å². The van der Waals surface area contributed by atoms with E-state index in [1.165, 1.54) is 0 Å². The molecule has 0 saturated carbocycles. The number of carbonyl (C=O) groups is 1. The van der Waals surface area contributed by atoms with Gasteiger partial charge in [0.1, 0.15) is 11.6 Å². The lowest BCUT2D eigenvalue weighted by atomic mass is 9.99. The van der Waals surface area contributed by atoms with E-state index in [9.17, 15) is 4.79 Å². The van der Waals surface area contributed by atoms with Crippen molar-refractivity contribution >= 4 is 23.1 Å². The van der Waals surface area contributed by atoms with Crippen LogP contribution in [0.5, 0.6) is 5.75 Å². The Kier molecular flexibility index (Phi) is 5.50. The molecule has 1 fully saturated rings. The van der Waals surface area contributed by atoms with E-state index in [4.69, 9.17) is 9.47 Å². The highest BCUT2D eigenvalue weighted by Gasteiger charge is 2.21. The summed E-state index contributed by atoms with van der Waals surface area (Å²) in [5, 5.41) is 6.17. The average Bonchev–Trinajstić information content (AvgIpc) is 2.64. The topological polar surface area (TPSA) is 72.5 Å². The van der Waals surface area contributed by atoms with Crippen LogP contribution in [0.15, 0.2) is 36.5 Å². The molecule has 1 aromatic carbocycles. The van der Waals surface area contributed by atoms with Crippen LogP contribution in [0.1, 0.15) is 18.4 Å². The number of hydrogen-bond acceptors (Lipinski definition) is 5. The number of amides is 1. The van der Waals surface area contributed by atoms with E-state index in [2.05, 4.69) is 15.6 Å². The Hall–Kier alpha value is -2.60. The molecule has 1 aliphatic heterocycles. The van der Waals surface area contributed by atoms with Gasteiger partial charge in [-0.2, -0.15) is 0 Å². The summed E-state index contributed by atoms with van der Waals surface area (Å²) in [5.41, 5.74) is 2.68. The SMILES string of the molecule is COc1ccc(C)cc1Nc1ccc(NC(=O)C2CCOCC2)cn1. The summed E-state index contributed by atoms with van der Waals surface area (Å²) >= 11 is 0. The predicted molar refractivity (Wildman–Crippen MR) is 97.4 cm³/mol. The molecule has 1 aliphatic rings. The summed E-state index contributed by atoms with van der Waals surface area (Å²) in [7, 11) is 1.64. The largest absolute Gasteiger partial charge is 0.495 e. The van der Waals surface area contributed by atoms with Gasteiger partial charge in [-0.15, -0.1) is 0 Å². The van der Waals surface area contributed by atoms with Crippen molar-refractivity contribution in [3.05, 3.63) is 42.1 Å². The fourth-order valence-corrected chi connectivity index (χ4v) is 2.80. The zero-order valence-electron chi connectivity index (χ0n) is 14.5. The molecule has 0 atom stereocenters. The first-order valence-corrected chi connectivity index (χ1v) is 8.42. The van der Waals surface area contributed by atoms with Crippen molar-refractivity contribution < 1.29 is 14.3 Å². The number of methoxy groups -OCH3 is 1. The van der Waals surface area contributed by atoms with Gasteiger partial charge in [-0.05, 0) is 49.6 Å². The predicted octanol–water partition coefficient (Wildman–Crippen LogP) is 3.51. The zero-order chi connectivity index (χ0) is 17.6. The summed E-state index contributed by atoms with van der Waals surface area (Å²) < 4.78 is 10.6. The van der Waals surface area contributed by atoms with E-state index in [-0.39, 0.29) is 11.8 Å². The van der Waals surface area contributed by atoms with E-state index >= 15 is 0 Å². The Morgan fingerprint density at radius 1 is 1.24 bits per heavy atom. The first-order valence-electron chi connectivity index (χ1n) is 8.42. The lowest BCUT2D eigenvalue weighted by Gasteiger charge is -2.21. The van der Waals surface area contributed by atoms with Gasteiger partial charge in [-0.25, -0.2) is 4.98 Å². The number of anilines is 3. The summed E-state index contributed by atoms with van der Waals surface area (Å²) in [4.78, 5) is 16.6. The third-order valence-corrected chi connectivity index (χ3v) is 4.24. The second kappa shape index (κ2) is 7.98. The third kappa shape index (κ3) is 4.48. The van der Waals surface area contributed by atoms with Crippen LogP contribution in [0.25, 0.3) is 0 Å². The van der Waals surface area contributed by atoms with Gasteiger partial charge >= 0.3 is 0 Å². The Bertz CT molecular complexity index is 725. The Labute approximate surface area is 147 Å². The van der Waals surface area contributed by atoms with Gasteiger partial charge < -0.3 is 20.1 Å². The van der Waals surface area contributed by atoms with Crippen LogP contribution >= 0.6 is 0 Å². The quantitative estimate of drug-likeness (QED) is 0.871. The highest BCUT2D eigenvalue weighted by Crippen LogP contribution is 2.28. The summed E-state index contributed by atoms with van der Waals surface area (Å²) in [5.74, 6) is 1.49. The van der Waals surface area contributed by atoms with Gasteiger partial charge in [0.05, 0.1) is 24.7 Å². The van der Waals surface area contributed by atoms with E-state index in [1.807, 2.05) is 37.3 Å². The van der Waals surface area contributed by atoms with Crippen LogP contribution in [0.2, 0.25) is 0 Å². The minimum atomic E-state index is 0.0168. The summed E-state index contributed by atoms with van der Waals surface area (Å²) in [6, 6.07) is 9.59. The zero-order valence-corrected chi connectivity index (χ0v) is 14.5. The number of hydrogen-bond donors (Lipinski definition) is 2. The maximum absolute atomic E-state index is 12.2. The van der Waals surface area contributed by atoms with Crippen LogP contribution in [0, 0.1) is 12.8 Å². The van der Waals surface area contributed by atoms with Gasteiger partial charge in [0.2, 0.25) is 5.91 Å². The monoisotopic (exact) mass is 341 g/mol. The molecule has 132 valence electrons. The molecule has 25 heavy (non-hydrogen) atoms. The second-order valence-corrected chi connectivity index (χ2v) is 6.14. The van der Waals surface area contributed by atoms with Crippen LogP contribution < -0.4 is 15.4 Å². The second-order valence-electron chi connectivity index (χ2n) is 6.14. The highest BCUT2D eigenvalue weighted by atomic mass is 16.5. The molecule has 1 amide bonds. The molecule has 0 unspecified atom stereocenters. The fraction of sp³-hybridized carbons (Fsp3) is 0.368. The van der Waals surface area contributed by atoms with Crippen molar-refractivity contribution in [3.8, 4) is 5.75 Å². The number of nitrogens with one attached hydrogen (secondary N) is 2. The van der Waals surface area contributed by atoms with Gasteiger partial charge in [-0.3, -0.25) is 4.79 Å². The Morgan fingerprint density at radius 2 is 2.04 bits per heavy atom. The fourth-order valence-electron chi connectivity index (χ4n) is 2.80. The lowest BCUT2D eigenvalue weighted by Crippen LogP contribution is -2.28. The molecule has 0 aliphatic carbocycles. The molecule has 6 nitrogen and oxygen atoms in total. The number of pyridine rings is 1. The molecule has 0 spiro atoms. The number of ether oxygens (including phenoxy) is 2. The number of benzene rings is 1. The van der Waals surface area contributed by atoms with E-state index in [0.717, 1.165) is 29.8 Å². The molecule has 2 heterocycles. The Balaban J connectivity index is 1.64. The smallest absolute Gasteiger partial charge is 0.227 e. The molecule has 3 rings (SSSR count). The van der Waals surface area contributed by atoms with Crippen LogP contribution in [0.3, 0.4) is 0 Å². The molecule has 0 radical (unpaired) electrons. The molecule has 6 heteroatoms. The Morgan fingerprint density at radius 3 is 2.72 bits per heavy atom. The molecule has 2 aromatic rings. The number of nitrogens with zero attached hydrogens (tertiary/aromatic N) is 1. The number of aryl methyl sites for hydroxylation is 1. The van der Waals surface area contributed by atoms with Crippen molar-refractivity contribution in [2.45, 2.75) is 19.8 Å². The standard InChI is InChI=1S/C19H23N3O3/c1-13-3-5-17(24-2)16(11-13)22-18-6-4-15(12-20-18)21-19(23)14-7-9-25-10-8-14/h3-6,11-12,14H,7-10H2,1-2H3,(H,20,22)(H,21,23). The normalized spacial score (nSPS) is 14.8. The highest BCUT2D eigenvalue weighted by molar-refractivity contribution is 5.92. The van der Waals surface area contributed by atoms with Crippen molar-refractivity contribution in [1.82, 2.24) is 4.98 Å². The number of aromatic nitrogens is 1. The van der Waals surface area contributed by atoms with Crippen molar-refractivity contribution in [2.75, 3.05) is 31.0 Å². The minimum absolute atomic E-state index is 0.0168. The van der Waals surface area contributed by atoms with E-state index < -0.39 is 0 Å². The van der Waals surface area contributed by atoms with Crippen molar-refractivity contribution in [3.63, 3.8) is 0 Å². The van der Waals surface area contributed by atoms with Crippen LogP contribution in [-0.2, 0) is 9.53 Å². The molecule has 1 aromatic heterocycles. The van der Waals surface area contributed by atoms with Gasteiger partial charge in [0, 0.05) is 19.1 Å². The first kappa shape index (κ1) is 17.2. The van der Waals surface area contributed by atoms with Crippen molar-refractivity contribution in [1.29, 1.82) is 0 Å². The number of rotatable bonds is 5. The molecule has 2 N–H and O–H groups in total. The maximum atomic E-state index is 12.2. The van der Waals surface area contributed by atoms with Gasteiger partial charge in [0.15, 0.2) is 0 Å². The van der Waals surface area contributed by atoms with Crippen LogP contribution in [0.4, 0.5) is 17.2 Å². The van der Waals surface area contributed by atoms with E-state index in [1.54, 1.807) is 13.3 Å². The molecular weight excluding hydrogens is 318 g/mol. The molecular formula is C19H23N3O3. The number of carbonyl (C=O) groups excluding carboxylic acids is 1. The minimum Gasteiger partial charge on any atom is -0.495 e.